The SMILES string of the molecule is CCN1CCc2c(N)nn(C3CCC3)c2C1. The molecule has 1 saturated carbocycles. The monoisotopic (exact) mass is 220 g/mol. The zero-order valence-electron chi connectivity index (χ0n) is 9.95. The van der Waals surface area contributed by atoms with Crippen molar-refractivity contribution in [3.63, 3.8) is 0 Å². The van der Waals surface area contributed by atoms with E-state index >= 15 is 0 Å². The predicted molar refractivity (Wildman–Crippen MR) is 64.2 cm³/mol. The van der Waals surface area contributed by atoms with Crippen molar-refractivity contribution in [2.45, 2.75) is 45.2 Å². The highest BCUT2D eigenvalue weighted by molar-refractivity contribution is 5.44. The number of nitrogens with zero attached hydrogens (tertiary/aromatic N) is 3. The second-order valence-electron chi connectivity index (χ2n) is 4.96. The van der Waals surface area contributed by atoms with Crippen molar-refractivity contribution >= 4 is 5.82 Å². The number of nitrogen functional groups attached to an aromatic ring is 1. The molecule has 0 saturated heterocycles. The maximum absolute atomic E-state index is 6.02. The summed E-state index contributed by atoms with van der Waals surface area (Å²) >= 11 is 0. The van der Waals surface area contributed by atoms with Gasteiger partial charge in [0.05, 0.1) is 11.7 Å². The summed E-state index contributed by atoms with van der Waals surface area (Å²) in [5, 5.41) is 4.55. The first-order valence-corrected chi connectivity index (χ1v) is 6.37. The number of anilines is 1. The second kappa shape index (κ2) is 3.77. The fourth-order valence-electron chi connectivity index (χ4n) is 2.73. The molecule has 1 fully saturated rings. The molecular weight excluding hydrogens is 200 g/mol. The van der Waals surface area contributed by atoms with Crippen LogP contribution in [0, 0.1) is 0 Å². The number of nitrogens with two attached hydrogens (primary N) is 1. The Morgan fingerprint density at radius 2 is 2.25 bits per heavy atom. The van der Waals surface area contributed by atoms with Crippen LogP contribution in [-0.4, -0.2) is 27.8 Å². The Balaban J connectivity index is 1.94. The highest BCUT2D eigenvalue weighted by Crippen LogP contribution is 2.35. The third kappa shape index (κ3) is 1.44. The average molecular weight is 220 g/mol. The van der Waals surface area contributed by atoms with Gasteiger partial charge in [0.2, 0.25) is 0 Å². The van der Waals surface area contributed by atoms with Gasteiger partial charge in [-0.3, -0.25) is 9.58 Å². The summed E-state index contributed by atoms with van der Waals surface area (Å²) in [5.41, 5.74) is 8.72. The van der Waals surface area contributed by atoms with E-state index < -0.39 is 0 Å². The van der Waals surface area contributed by atoms with E-state index in [1.54, 1.807) is 0 Å². The van der Waals surface area contributed by atoms with Gasteiger partial charge in [-0.2, -0.15) is 5.10 Å². The van der Waals surface area contributed by atoms with Crippen LogP contribution in [0.25, 0.3) is 0 Å². The Labute approximate surface area is 96.4 Å². The Bertz CT molecular complexity index is 392. The van der Waals surface area contributed by atoms with Crippen LogP contribution in [0.4, 0.5) is 5.82 Å². The first kappa shape index (κ1) is 10.1. The number of rotatable bonds is 2. The summed E-state index contributed by atoms with van der Waals surface area (Å²) in [6.45, 7) is 5.50. The highest BCUT2D eigenvalue weighted by Gasteiger charge is 2.28. The van der Waals surface area contributed by atoms with E-state index in [9.17, 15) is 0 Å². The third-order valence-electron chi connectivity index (χ3n) is 4.07. The first-order valence-electron chi connectivity index (χ1n) is 6.37. The summed E-state index contributed by atoms with van der Waals surface area (Å²) in [4.78, 5) is 2.47. The van der Waals surface area contributed by atoms with Crippen LogP contribution in [-0.2, 0) is 13.0 Å². The third-order valence-corrected chi connectivity index (χ3v) is 4.07. The molecular formula is C12H20N4. The van der Waals surface area contributed by atoms with Crippen LogP contribution in [0.1, 0.15) is 43.5 Å². The lowest BCUT2D eigenvalue weighted by atomic mass is 9.92. The lowest BCUT2D eigenvalue weighted by Gasteiger charge is -2.31. The van der Waals surface area contributed by atoms with Gasteiger partial charge in [0.15, 0.2) is 0 Å². The van der Waals surface area contributed by atoms with Crippen LogP contribution < -0.4 is 5.73 Å². The van der Waals surface area contributed by atoms with E-state index in [-0.39, 0.29) is 0 Å². The van der Waals surface area contributed by atoms with Gasteiger partial charge in [-0.1, -0.05) is 6.92 Å². The normalized spacial score (nSPS) is 21.8. The predicted octanol–water partition coefficient (Wildman–Crippen LogP) is 1.57. The maximum Gasteiger partial charge on any atom is 0.149 e. The van der Waals surface area contributed by atoms with Crippen LogP contribution in [0.15, 0.2) is 0 Å². The Morgan fingerprint density at radius 3 is 2.88 bits per heavy atom. The number of fused-ring (bicyclic) bond motifs is 1. The van der Waals surface area contributed by atoms with Crippen molar-refractivity contribution in [2.75, 3.05) is 18.8 Å². The zero-order chi connectivity index (χ0) is 11.1. The van der Waals surface area contributed by atoms with Gasteiger partial charge in [0.25, 0.3) is 0 Å². The topological polar surface area (TPSA) is 47.1 Å². The second-order valence-corrected chi connectivity index (χ2v) is 4.96. The minimum atomic E-state index is 0.628. The number of aromatic nitrogens is 2. The molecule has 88 valence electrons. The van der Waals surface area contributed by atoms with E-state index in [0.717, 1.165) is 31.9 Å². The molecule has 4 nitrogen and oxygen atoms in total. The van der Waals surface area contributed by atoms with Crippen molar-refractivity contribution in [2.24, 2.45) is 0 Å². The largest absolute Gasteiger partial charge is 0.382 e. The van der Waals surface area contributed by atoms with Crippen molar-refractivity contribution in [3.8, 4) is 0 Å². The lowest BCUT2D eigenvalue weighted by molar-refractivity contribution is 0.231. The molecule has 0 atom stereocenters. The molecule has 16 heavy (non-hydrogen) atoms. The molecule has 1 aliphatic carbocycles. The summed E-state index contributed by atoms with van der Waals surface area (Å²) in [7, 11) is 0. The molecule has 3 rings (SSSR count). The van der Waals surface area contributed by atoms with Gasteiger partial charge < -0.3 is 5.73 Å². The molecule has 0 bridgehead atoms. The van der Waals surface area contributed by atoms with Crippen LogP contribution >= 0.6 is 0 Å². The minimum Gasteiger partial charge on any atom is -0.382 e. The van der Waals surface area contributed by atoms with Gasteiger partial charge in [-0.15, -0.1) is 0 Å². The summed E-state index contributed by atoms with van der Waals surface area (Å²) in [5.74, 6) is 0.776. The van der Waals surface area contributed by atoms with E-state index in [0.29, 0.717) is 6.04 Å². The Morgan fingerprint density at radius 1 is 1.44 bits per heavy atom. The molecule has 2 heterocycles. The molecule has 0 aromatic carbocycles. The quantitative estimate of drug-likeness (QED) is 0.823. The Hall–Kier alpha value is -1.03. The van der Waals surface area contributed by atoms with Crippen LogP contribution in [0.5, 0.6) is 0 Å². The summed E-state index contributed by atoms with van der Waals surface area (Å²) < 4.78 is 2.22. The van der Waals surface area contributed by atoms with E-state index in [1.165, 1.54) is 30.5 Å². The summed E-state index contributed by atoms with van der Waals surface area (Å²) in [6, 6.07) is 0.628. The number of likely N-dealkylation sites (N-methyl/N-ethyl adjacent to an activating group) is 1. The van der Waals surface area contributed by atoms with Gasteiger partial charge in [-0.25, -0.2) is 0 Å². The van der Waals surface area contributed by atoms with Gasteiger partial charge in [0, 0.05) is 18.7 Å². The van der Waals surface area contributed by atoms with Gasteiger partial charge >= 0.3 is 0 Å². The van der Waals surface area contributed by atoms with E-state index in [1.807, 2.05) is 0 Å². The Kier molecular flexibility index (Phi) is 2.39. The lowest BCUT2D eigenvalue weighted by Crippen LogP contribution is -2.32. The van der Waals surface area contributed by atoms with E-state index in [4.69, 9.17) is 5.73 Å². The molecule has 4 heteroatoms. The molecule has 2 aliphatic rings. The minimum absolute atomic E-state index is 0.628. The van der Waals surface area contributed by atoms with Crippen LogP contribution in [0.2, 0.25) is 0 Å². The molecule has 1 aromatic heterocycles. The molecule has 0 unspecified atom stereocenters. The van der Waals surface area contributed by atoms with Crippen LogP contribution in [0.3, 0.4) is 0 Å². The molecule has 0 radical (unpaired) electrons. The van der Waals surface area contributed by atoms with Crippen molar-refractivity contribution in [3.05, 3.63) is 11.3 Å². The van der Waals surface area contributed by atoms with Crippen molar-refractivity contribution in [1.29, 1.82) is 0 Å². The highest BCUT2D eigenvalue weighted by atomic mass is 15.3. The molecule has 1 aromatic rings. The maximum atomic E-state index is 6.02. The fourth-order valence-corrected chi connectivity index (χ4v) is 2.73. The standard InChI is InChI=1S/C12H20N4/c1-2-15-7-6-10-11(8-15)16(14-12(10)13)9-4-3-5-9/h9H,2-8H2,1H3,(H2,13,14). The first-order chi connectivity index (χ1) is 7.79. The number of hydrogen-bond donors (Lipinski definition) is 1. The van der Waals surface area contributed by atoms with Crippen molar-refractivity contribution in [1.82, 2.24) is 14.7 Å². The molecule has 1 aliphatic heterocycles. The zero-order valence-corrected chi connectivity index (χ0v) is 9.95. The average Bonchev–Trinajstić information content (AvgIpc) is 2.54. The smallest absolute Gasteiger partial charge is 0.149 e. The molecule has 0 spiro atoms. The number of hydrogen-bond acceptors (Lipinski definition) is 3. The van der Waals surface area contributed by atoms with Crippen molar-refractivity contribution < 1.29 is 0 Å². The van der Waals surface area contributed by atoms with Gasteiger partial charge in [-0.05, 0) is 32.2 Å². The van der Waals surface area contributed by atoms with E-state index in [2.05, 4.69) is 21.6 Å². The van der Waals surface area contributed by atoms with Gasteiger partial charge in [0.1, 0.15) is 5.82 Å². The molecule has 2 N–H and O–H groups in total. The molecule has 0 amide bonds. The summed E-state index contributed by atoms with van der Waals surface area (Å²) in [6.07, 6.45) is 4.97. The fraction of sp³-hybridized carbons (Fsp3) is 0.750.